The molecule has 1 aromatic rings. The van der Waals surface area contributed by atoms with Crippen LogP contribution in [0, 0.1) is 6.92 Å². The highest BCUT2D eigenvalue weighted by Crippen LogP contribution is 2.22. The predicted octanol–water partition coefficient (Wildman–Crippen LogP) is 3.54. The van der Waals surface area contributed by atoms with Gasteiger partial charge in [-0.1, -0.05) is 24.3 Å². The van der Waals surface area contributed by atoms with Gasteiger partial charge >= 0.3 is 0 Å². The van der Waals surface area contributed by atoms with Crippen LogP contribution in [0.3, 0.4) is 0 Å². The van der Waals surface area contributed by atoms with E-state index in [4.69, 9.17) is 0 Å². The minimum absolute atomic E-state index is 0.481. The quantitative estimate of drug-likeness (QED) is 0.860. The number of nitrogens with one attached hydrogen (secondary N) is 1. The zero-order valence-electron chi connectivity index (χ0n) is 10.2. The lowest BCUT2D eigenvalue weighted by atomic mass is 10.0. The lowest BCUT2D eigenvalue weighted by Gasteiger charge is -2.27. The minimum atomic E-state index is 0.481. The topological polar surface area (TPSA) is 12.0 Å². The van der Waals surface area contributed by atoms with Gasteiger partial charge in [-0.15, -0.1) is 0 Å². The molecule has 0 bridgehead atoms. The van der Waals surface area contributed by atoms with Gasteiger partial charge < -0.3 is 5.32 Å². The van der Waals surface area contributed by atoms with Crippen LogP contribution >= 0.6 is 11.8 Å². The van der Waals surface area contributed by atoms with Crippen LogP contribution in [0.5, 0.6) is 0 Å². The van der Waals surface area contributed by atoms with Gasteiger partial charge in [0, 0.05) is 12.1 Å². The Balaban J connectivity index is 1.96. The van der Waals surface area contributed by atoms with Crippen molar-refractivity contribution in [3.05, 3.63) is 35.4 Å². The summed E-state index contributed by atoms with van der Waals surface area (Å²) in [5, 5.41) is 3.76. The van der Waals surface area contributed by atoms with Crippen LogP contribution in [0.25, 0.3) is 0 Å². The van der Waals surface area contributed by atoms with E-state index in [-0.39, 0.29) is 0 Å². The third kappa shape index (κ3) is 3.02. The zero-order valence-corrected chi connectivity index (χ0v) is 11.0. The molecule has 1 fully saturated rings. The van der Waals surface area contributed by atoms with Gasteiger partial charge in [0.25, 0.3) is 0 Å². The fourth-order valence-electron chi connectivity index (χ4n) is 2.38. The van der Waals surface area contributed by atoms with Gasteiger partial charge in [0.15, 0.2) is 0 Å². The molecule has 0 saturated carbocycles. The molecule has 88 valence electrons. The maximum Gasteiger partial charge on any atom is 0.0296 e. The number of hydrogen-bond donors (Lipinski definition) is 1. The molecule has 1 heterocycles. The van der Waals surface area contributed by atoms with Crippen molar-refractivity contribution in [1.82, 2.24) is 5.32 Å². The van der Waals surface area contributed by atoms with Gasteiger partial charge in [-0.25, -0.2) is 0 Å². The number of thioether (sulfide) groups is 1. The van der Waals surface area contributed by atoms with E-state index in [1.807, 2.05) is 0 Å². The van der Waals surface area contributed by atoms with E-state index in [2.05, 4.69) is 55.2 Å². The average Bonchev–Trinajstić information content (AvgIpc) is 2.31. The number of aryl methyl sites for hydroxylation is 1. The molecule has 1 unspecified atom stereocenters. The van der Waals surface area contributed by atoms with Gasteiger partial charge in [0.1, 0.15) is 0 Å². The Hall–Kier alpha value is -0.470. The second kappa shape index (κ2) is 5.74. The molecule has 0 spiro atoms. The molecule has 2 heteroatoms. The molecule has 1 aliphatic heterocycles. The van der Waals surface area contributed by atoms with Crippen LogP contribution in [0.1, 0.15) is 36.9 Å². The van der Waals surface area contributed by atoms with E-state index in [9.17, 15) is 0 Å². The number of rotatable bonds is 3. The average molecular weight is 235 g/mol. The molecule has 1 atom stereocenters. The molecule has 1 aliphatic rings. The van der Waals surface area contributed by atoms with Crippen LogP contribution in [0.15, 0.2) is 24.3 Å². The van der Waals surface area contributed by atoms with Crippen molar-refractivity contribution in [2.24, 2.45) is 0 Å². The second-order valence-electron chi connectivity index (χ2n) is 4.63. The monoisotopic (exact) mass is 235 g/mol. The van der Waals surface area contributed by atoms with Crippen LogP contribution in [0.2, 0.25) is 0 Å². The number of hydrogen-bond acceptors (Lipinski definition) is 2. The lowest BCUT2D eigenvalue weighted by molar-refractivity contribution is 0.430. The smallest absolute Gasteiger partial charge is 0.0296 e. The first kappa shape index (κ1) is 12.0. The van der Waals surface area contributed by atoms with Crippen molar-refractivity contribution < 1.29 is 0 Å². The van der Waals surface area contributed by atoms with E-state index in [0.717, 1.165) is 6.04 Å². The second-order valence-corrected chi connectivity index (χ2v) is 5.86. The normalized spacial score (nSPS) is 19.6. The highest BCUT2D eigenvalue weighted by molar-refractivity contribution is 7.99. The molecule has 1 nitrogen and oxygen atoms in total. The highest BCUT2D eigenvalue weighted by atomic mass is 32.2. The van der Waals surface area contributed by atoms with Gasteiger partial charge in [0.2, 0.25) is 0 Å². The van der Waals surface area contributed by atoms with Crippen LogP contribution < -0.4 is 5.32 Å². The Labute approximate surface area is 103 Å². The third-order valence-electron chi connectivity index (χ3n) is 3.36. The van der Waals surface area contributed by atoms with E-state index in [0.29, 0.717) is 6.04 Å². The van der Waals surface area contributed by atoms with Crippen molar-refractivity contribution in [2.45, 2.75) is 38.8 Å². The first-order valence-corrected chi connectivity index (χ1v) is 7.32. The summed E-state index contributed by atoms with van der Waals surface area (Å²) in [6.07, 6.45) is 2.64. The molecule has 1 aromatic carbocycles. The van der Waals surface area contributed by atoms with E-state index in [1.54, 1.807) is 0 Å². The summed E-state index contributed by atoms with van der Waals surface area (Å²) in [5.74, 6) is 2.64. The van der Waals surface area contributed by atoms with E-state index >= 15 is 0 Å². The predicted molar refractivity (Wildman–Crippen MR) is 73.1 cm³/mol. The summed E-state index contributed by atoms with van der Waals surface area (Å²) in [4.78, 5) is 0. The molecule has 2 rings (SSSR count). The first-order valence-electron chi connectivity index (χ1n) is 6.16. The molecule has 1 saturated heterocycles. The van der Waals surface area contributed by atoms with Gasteiger partial charge in [0.05, 0.1) is 0 Å². The molecule has 0 radical (unpaired) electrons. The minimum Gasteiger partial charge on any atom is -0.307 e. The molecule has 0 aliphatic carbocycles. The Bertz CT molecular complexity index is 331. The van der Waals surface area contributed by atoms with Crippen LogP contribution in [-0.4, -0.2) is 17.5 Å². The van der Waals surface area contributed by atoms with Crippen molar-refractivity contribution in [2.75, 3.05) is 11.5 Å². The SMILES string of the molecule is Cc1ccccc1C(C)NC1CCSCC1. The van der Waals surface area contributed by atoms with Gasteiger partial charge in [-0.05, 0) is 49.3 Å². The highest BCUT2D eigenvalue weighted by Gasteiger charge is 2.16. The number of benzene rings is 1. The van der Waals surface area contributed by atoms with E-state index in [1.165, 1.54) is 35.5 Å². The Morgan fingerprint density at radius 2 is 1.94 bits per heavy atom. The molecular weight excluding hydrogens is 214 g/mol. The lowest BCUT2D eigenvalue weighted by Crippen LogP contribution is -2.34. The summed E-state index contributed by atoms with van der Waals surface area (Å²) >= 11 is 2.08. The van der Waals surface area contributed by atoms with Gasteiger partial charge in [-0.2, -0.15) is 11.8 Å². The molecular formula is C14H21NS. The van der Waals surface area contributed by atoms with Gasteiger partial charge in [-0.3, -0.25) is 0 Å². The van der Waals surface area contributed by atoms with Crippen LogP contribution in [0.4, 0.5) is 0 Å². The Morgan fingerprint density at radius 1 is 1.25 bits per heavy atom. The van der Waals surface area contributed by atoms with E-state index < -0.39 is 0 Å². The zero-order chi connectivity index (χ0) is 11.4. The summed E-state index contributed by atoms with van der Waals surface area (Å²) in [6, 6.07) is 9.89. The molecule has 1 N–H and O–H groups in total. The van der Waals surface area contributed by atoms with Crippen molar-refractivity contribution >= 4 is 11.8 Å². The summed E-state index contributed by atoms with van der Waals surface area (Å²) < 4.78 is 0. The summed E-state index contributed by atoms with van der Waals surface area (Å²) in [6.45, 7) is 4.48. The summed E-state index contributed by atoms with van der Waals surface area (Å²) in [7, 11) is 0. The fraction of sp³-hybridized carbons (Fsp3) is 0.571. The maximum atomic E-state index is 3.76. The fourth-order valence-corrected chi connectivity index (χ4v) is 3.49. The standard InChI is InChI=1S/C14H21NS/c1-11-5-3-4-6-14(11)12(2)15-13-7-9-16-10-8-13/h3-6,12-13,15H,7-10H2,1-2H3. The molecule has 0 amide bonds. The largest absolute Gasteiger partial charge is 0.307 e. The maximum absolute atomic E-state index is 3.76. The molecule has 0 aromatic heterocycles. The molecule has 16 heavy (non-hydrogen) atoms. The summed E-state index contributed by atoms with van der Waals surface area (Å²) in [5.41, 5.74) is 2.84. The third-order valence-corrected chi connectivity index (χ3v) is 4.41. The van der Waals surface area contributed by atoms with Crippen LogP contribution in [-0.2, 0) is 0 Å². The Morgan fingerprint density at radius 3 is 2.62 bits per heavy atom. The first-order chi connectivity index (χ1) is 7.77. The van der Waals surface area contributed by atoms with Crippen molar-refractivity contribution in [1.29, 1.82) is 0 Å². The van der Waals surface area contributed by atoms with Crippen molar-refractivity contribution in [3.63, 3.8) is 0 Å². The van der Waals surface area contributed by atoms with Crippen molar-refractivity contribution in [3.8, 4) is 0 Å². The Kier molecular flexibility index (Phi) is 4.30.